The molecule has 33 heavy (non-hydrogen) atoms. The van der Waals surface area contributed by atoms with E-state index in [9.17, 15) is 14.3 Å². The maximum Gasteiger partial charge on any atom is 0.261 e. The minimum atomic E-state index is -0.822. The molecule has 7 nitrogen and oxygen atoms in total. The Balaban J connectivity index is 1.11. The van der Waals surface area contributed by atoms with Crippen LogP contribution in [-0.4, -0.2) is 32.8 Å². The molecule has 2 atom stereocenters. The molecule has 3 aliphatic carbocycles. The van der Waals surface area contributed by atoms with Gasteiger partial charge in [-0.2, -0.15) is 4.98 Å². The van der Waals surface area contributed by atoms with E-state index in [-0.39, 0.29) is 28.3 Å². The van der Waals surface area contributed by atoms with Gasteiger partial charge in [-0.3, -0.25) is 4.79 Å². The number of nitrogens with zero attached hydrogens (tertiary/aromatic N) is 2. The molecule has 1 aromatic heterocycles. The van der Waals surface area contributed by atoms with Crippen LogP contribution < -0.4 is 10.1 Å². The Bertz CT molecular complexity index is 1280. The van der Waals surface area contributed by atoms with Crippen LogP contribution in [0.15, 0.2) is 40.9 Å². The van der Waals surface area contributed by atoms with Crippen LogP contribution in [0.5, 0.6) is 5.75 Å². The third kappa shape index (κ3) is 3.31. The summed E-state index contributed by atoms with van der Waals surface area (Å²) in [5.74, 6) is 0.439. The molecule has 2 N–H and O–H groups in total. The first-order valence-corrected chi connectivity index (χ1v) is 11.3. The number of benzene rings is 2. The number of hydrogen-bond acceptors (Lipinski definition) is 6. The third-order valence-corrected chi connectivity index (χ3v) is 7.35. The lowest BCUT2D eigenvalue weighted by Crippen LogP contribution is -2.77. The molecule has 3 aromatic rings. The van der Waals surface area contributed by atoms with Crippen molar-refractivity contribution in [2.45, 2.75) is 48.8 Å². The smallest absolute Gasteiger partial charge is 0.261 e. The Morgan fingerprint density at radius 2 is 1.97 bits per heavy atom. The summed E-state index contributed by atoms with van der Waals surface area (Å²) < 4.78 is 25.0. The number of hydrogen-bond donors (Lipinski definition) is 2. The van der Waals surface area contributed by atoms with E-state index < -0.39 is 18.0 Å². The molecule has 0 unspecified atom stereocenters. The zero-order valence-corrected chi connectivity index (χ0v) is 18.7. The van der Waals surface area contributed by atoms with Crippen LogP contribution in [0.4, 0.5) is 4.39 Å². The van der Waals surface area contributed by atoms with Crippen molar-refractivity contribution in [3.05, 3.63) is 63.7 Å². The molecule has 4 aliphatic rings. The van der Waals surface area contributed by atoms with Gasteiger partial charge < -0.3 is 19.7 Å². The highest BCUT2D eigenvalue weighted by atomic mass is 35.5. The average Bonchev–Trinajstić information content (AvgIpc) is 3.21. The van der Waals surface area contributed by atoms with Crippen molar-refractivity contribution < 1.29 is 23.6 Å². The van der Waals surface area contributed by atoms with Gasteiger partial charge >= 0.3 is 0 Å². The topological polar surface area (TPSA) is 97.5 Å². The van der Waals surface area contributed by atoms with Crippen molar-refractivity contribution in [3.63, 3.8) is 0 Å². The van der Waals surface area contributed by atoms with Gasteiger partial charge in [0.25, 0.3) is 5.91 Å². The van der Waals surface area contributed by atoms with Gasteiger partial charge in [-0.25, -0.2) is 4.39 Å². The predicted molar refractivity (Wildman–Crippen MR) is 117 cm³/mol. The van der Waals surface area contributed by atoms with E-state index in [2.05, 4.69) is 15.5 Å². The largest absolute Gasteiger partial charge is 0.480 e. The number of carbonyl (C=O) groups is 1. The fourth-order valence-electron chi connectivity index (χ4n) is 5.26. The second-order valence-corrected chi connectivity index (χ2v) is 10.0. The minimum Gasteiger partial charge on any atom is -0.480 e. The van der Waals surface area contributed by atoms with E-state index >= 15 is 0 Å². The van der Waals surface area contributed by atoms with Crippen molar-refractivity contribution in [3.8, 4) is 17.1 Å². The van der Waals surface area contributed by atoms with Gasteiger partial charge in [0.15, 0.2) is 6.10 Å². The molecular formula is C23H18Cl2FN3O4. The van der Waals surface area contributed by atoms with Crippen LogP contribution >= 0.6 is 23.2 Å². The van der Waals surface area contributed by atoms with Crippen LogP contribution in [0.3, 0.4) is 0 Å². The SMILES string of the molecule is O=C(NC12CC(c3nc(-c4ccc(Cl)c(F)c4)no3)(C1)C2)[C@@H]1C[C@@H](O)c2cc(Cl)ccc2O1. The molecule has 0 spiro atoms. The molecule has 7 rings (SSSR count). The lowest BCUT2D eigenvalue weighted by atomic mass is 9.39. The van der Waals surface area contributed by atoms with E-state index in [1.165, 1.54) is 12.1 Å². The second-order valence-electron chi connectivity index (χ2n) is 9.17. The molecule has 10 heteroatoms. The summed E-state index contributed by atoms with van der Waals surface area (Å²) in [7, 11) is 0. The Morgan fingerprint density at radius 3 is 2.73 bits per heavy atom. The van der Waals surface area contributed by atoms with Gasteiger partial charge in [-0.15, -0.1) is 0 Å². The highest BCUT2D eigenvalue weighted by Gasteiger charge is 2.72. The van der Waals surface area contributed by atoms with Crippen molar-refractivity contribution in [2.24, 2.45) is 0 Å². The van der Waals surface area contributed by atoms with Gasteiger partial charge in [0.1, 0.15) is 11.6 Å². The summed E-state index contributed by atoms with van der Waals surface area (Å²) >= 11 is 11.7. The number of amides is 1. The maximum absolute atomic E-state index is 13.8. The van der Waals surface area contributed by atoms with Crippen LogP contribution in [0.25, 0.3) is 11.4 Å². The normalized spacial score (nSPS) is 29.3. The van der Waals surface area contributed by atoms with Crippen LogP contribution in [0.2, 0.25) is 10.0 Å². The Kier molecular flexibility index (Phi) is 4.53. The quantitative estimate of drug-likeness (QED) is 0.564. The zero-order valence-electron chi connectivity index (χ0n) is 17.1. The molecule has 2 bridgehead atoms. The van der Waals surface area contributed by atoms with Crippen LogP contribution in [0, 0.1) is 5.82 Å². The number of aromatic nitrogens is 2. The van der Waals surface area contributed by atoms with E-state index in [0.717, 1.165) is 0 Å². The molecule has 2 heterocycles. The molecule has 170 valence electrons. The van der Waals surface area contributed by atoms with Crippen molar-refractivity contribution in [1.82, 2.24) is 15.5 Å². The van der Waals surface area contributed by atoms with Gasteiger partial charge in [-0.05, 0) is 55.7 Å². The summed E-state index contributed by atoms with van der Waals surface area (Å²) in [5, 5.41) is 18.0. The first-order chi connectivity index (χ1) is 15.8. The Labute approximate surface area is 197 Å². The van der Waals surface area contributed by atoms with E-state index in [4.69, 9.17) is 32.5 Å². The van der Waals surface area contributed by atoms with Gasteiger partial charge in [0, 0.05) is 28.1 Å². The second kappa shape index (κ2) is 7.16. The lowest BCUT2D eigenvalue weighted by Gasteiger charge is -2.68. The Hall–Kier alpha value is -2.68. The number of ether oxygens (including phenoxy) is 1. The summed E-state index contributed by atoms with van der Waals surface area (Å²) in [4.78, 5) is 17.3. The summed E-state index contributed by atoms with van der Waals surface area (Å²) in [5.41, 5.74) is 0.451. The highest BCUT2D eigenvalue weighted by molar-refractivity contribution is 6.31. The van der Waals surface area contributed by atoms with E-state index in [0.29, 0.717) is 52.9 Å². The molecule has 3 saturated carbocycles. The van der Waals surface area contributed by atoms with Gasteiger partial charge in [-0.1, -0.05) is 28.4 Å². The van der Waals surface area contributed by atoms with Crippen LogP contribution in [0.1, 0.15) is 43.2 Å². The fourth-order valence-corrected chi connectivity index (χ4v) is 5.56. The fraction of sp³-hybridized carbons (Fsp3) is 0.348. The lowest BCUT2D eigenvalue weighted by molar-refractivity contribution is -0.150. The number of fused-ring (bicyclic) bond motifs is 1. The van der Waals surface area contributed by atoms with Crippen LogP contribution in [-0.2, 0) is 10.2 Å². The predicted octanol–water partition coefficient (Wildman–Crippen LogP) is 4.36. The maximum atomic E-state index is 13.8. The minimum absolute atomic E-state index is 0.0290. The van der Waals surface area contributed by atoms with E-state index in [1.54, 1.807) is 24.3 Å². The molecular weight excluding hydrogens is 472 g/mol. The first-order valence-electron chi connectivity index (χ1n) is 10.5. The number of nitrogens with one attached hydrogen (secondary N) is 1. The zero-order chi connectivity index (χ0) is 23.0. The summed E-state index contributed by atoms with van der Waals surface area (Å²) in [6, 6.07) is 9.33. The van der Waals surface area contributed by atoms with Gasteiger partial charge in [0.05, 0.1) is 16.5 Å². The molecule has 0 saturated heterocycles. The summed E-state index contributed by atoms with van der Waals surface area (Å²) in [6.45, 7) is 0. The highest BCUT2D eigenvalue weighted by Crippen LogP contribution is 2.67. The molecule has 3 fully saturated rings. The first kappa shape index (κ1) is 20.9. The van der Waals surface area contributed by atoms with Gasteiger partial charge in [0.2, 0.25) is 11.7 Å². The third-order valence-electron chi connectivity index (χ3n) is 6.81. The Morgan fingerprint density at radius 1 is 1.18 bits per heavy atom. The molecule has 1 aliphatic heterocycles. The molecule has 2 aromatic carbocycles. The summed E-state index contributed by atoms with van der Waals surface area (Å²) in [6.07, 6.45) is 0.563. The van der Waals surface area contributed by atoms with Crippen molar-refractivity contribution >= 4 is 29.1 Å². The van der Waals surface area contributed by atoms with E-state index in [1.807, 2.05) is 0 Å². The van der Waals surface area contributed by atoms with Crippen molar-refractivity contribution in [1.29, 1.82) is 0 Å². The average molecular weight is 490 g/mol. The standard InChI is InChI=1S/C23H18Cl2FN3O4/c24-12-2-4-17-13(6-12)16(30)7-18(32-17)20(31)28-23-8-22(9-23,10-23)21-27-19(29-33-21)11-1-3-14(25)15(26)5-11/h1-6,16,18,30H,7-10H2,(H,28,31)/t16-,18+,22?,23?/m1/s1. The number of aliphatic hydroxyl groups excluding tert-OH is 1. The molecule has 1 amide bonds. The number of halogens is 3. The monoisotopic (exact) mass is 489 g/mol. The van der Waals surface area contributed by atoms with Crippen molar-refractivity contribution in [2.75, 3.05) is 0 Å². The number of rotatable bonds is 4. The molecule has 0 radical (unpaired) electrons. The number of carbonyl (C=O) groups excluding carboxylic acids is 1. The number of aliphatic hydroxyl groups is 1.